The highest BCUT2D eigenvalue weighted by atomic mass is 16.1. The first-order valence-electron chi connectivity index (χ1n) is 4.15. The first-order chi connectivity index (χ1) is 5.22. The molecule has 0 bridgehead atoms. The molecule has 1 aliphatic carbocycles. The van der Waals surface area contributed by atoms with E-state index in [4.69, 9.17) is 0 Å². The molecular formula is C9H14O2. The van der Waals surface area contributed by atoms with Crippen LogP contribution in [0.1, 0.15) is 32.6 Å². The molecule has 11 heavy (non-hydrogen) atoms. The molecule has 0 N–H and O–H groups in total. The average Bonchev–Trinajstić information content (AvgIpc) is 2.07. The molecule has 1 fully saturated rings. The fourth-order valence-electron chi connectivity index (χ4n) is 1.56. The highest BCUT2D eigenvalue weighted by molar-refractivity contribution is 5.83. The SMILES string of the molecule is CC1CCC(C=O)(C=O)CC1. The molecule has 0 aromatic carbocycles. The second-order valence-corrected chi connectivity index (χ2v) is 3.65. The molecule has 0 spiro atoms. The summed E-state index contributed by atoms with van der Waals surface area (Å²) in [4.78, 5) is 21.2. The molecule has 2 nitrogen and oxygen atoms in total. The zero-order valence-corrected chi connectivity index (χ0v) is 6.88. The summed E-state index contributed by atoms with van der Waals surface area (Å²) in [6.45, 7) is 2.17. The molecule has 0 amide bonds. The van der Waals surface area contributed by atoms with Gasteiger partial charge in [-0.3, -0.25) is 0 Å². The third-order valence-corrected chi connectivity index (χ3v) is 2.67. The highest BCUT2D eigenvalue weighted by Crippen LogP contribution is 2.35. The fraction of sp³-hybridized carbons (Fsp3) is 0.778. The second-order valence-electron chi connectivity index (χ2n) is 3.65. The summed E-state index contributed by atoms with van der Waals surface area (Å²) in [6, 6.07) is 0. The van der Waals surface area contributed by atoms with Gasteiger partial charge in [-0.2, -0.15) is 0 Å². The number of carbonyl (C=O) groups is 2. The Balaban J connectivity index is 2.59. The Labute approximate surface area is 67.0 Å². The molecule has 0 saturated heterocycles. The van der Waals surface area contributed by atoms with Crippen LogP contribution in [0.15, 0.2) is 0 Å². The van der Waals surface area contributed by atoms with Crippen molar-refractivity contribution in [2.75, 3.05) is 0 Å². The summed E-state index contributed by atoms with van der Waals surface area (Å²) in [5, 5.41) is 0. The van der Waals surface area contributed by atoms with Crippen LogP contribution in [0.4, 0.5) is 0 Å². The number of hydrogen-bond acceptors (Lipinski definition) is 2. The van der Waals surface area contributed by atoms with Crippen LogP contribution in [-0.2, 0) is 9.59 Å². The van der Waals surface area contributed by atoms with Crippen molar-refractivity contribution in [3.8, 4) is 0 Å². The van der Waals surface area contributed by atoms with Crippen LogP contribution in [0.5, 0.6) is 0 Å². The fourth-order valence-corrected chi connectivity index (χ4v) is 1.56. The Kier molecular flexibility index (Phi) is 2.42. The van der Waals surface area contributed by atoms with E-state index in [9.17, 15) is 9.59 Å². The first kappa shape index (κ1) is 8.44. The summed E-state index contributed by atoms with van der Waals surface area (Å²) < 4.78 is 0. The number of carbonyl (C=O) groups excluding carboxylic acids is 2. The Bertz CT molecular complexity index is 145. The summed E-state index contributed by atoms with van der Waals surface area (Å²) in [5.41, 5.74) is -0.619. The zero-order chi connectivity index (χ0) is 8.32. The van der Waals surface area contributed by atoms with Gasteiger partial charge >= 0.3 is 0 Å². The van der Waals surface area contributed by atoms with Gasteiger partial charge in [0, 0.05) is 0 Å². The number of rotatable bonds is 2. The van der Waals surface area contributed by atoms with E-state index in [0.29, 0.717) is 5.92 Å². The van der Waals surface area contributed by atoms with Gasteiger partial charge in [-0.15, -0.1) is 0 Å². The third kappa shape index (κ3) is 1.67. The lowest BCUT2D eigenvalue weighted by molar-refractivity contribution is -0.128. The molecular weight excluding hydrogens is 140 g/mol. The maximum Gasteiger partial charge on any atom is 0.133 e. The van der Waals surface area contributed by atoms with Crippen LogP contribution in [0, 0.1) is 11.3 Å². The minimum Gasteiger partial charge on any atom is -0.302 e. The van der Waals surface area contributed by atoms with Crippen molar-refractivity contribution in [2.24, 2.45) is 11.3 Å². The van der Waals surface area contributed by atoms with Crippen molar-refractivity contribution >= 4 is 12.6 Å². The third-order valence-electron chi connectivity index (χ3n) is 2.67. The maximum absolute atomic E-state index is 10.6. The normalized spacial score (nSPS) is 24.5. The van der Waals surface area contributed by atoms with E-state index in [1.54, 1.807) is 0 Å². The molecule has 1 rings (SSSR count). The van der Waals surface area contributed by atoms with Crippen molar-refractivity contribution in [3.05, 3.63) is 0 Å². The topological polar surface area (TPSA) is 34.1 Å². The Morgan fingerprint density at radius 1 is 1.18 bits per heavy atom. The quantitative estimate of drug-likeness (QED) is 0.447. The average molecular weight is 154 g/mol. The molecule has 1 aliphatic rings. The molecule has 0 aromatic rings. The molecule has 1 saturated carbocycles. The summed E-state index contributed by atoms with van der Waals surface area (Å²) in [6.07, 6.45) is 5.18. The molecule has 0 atom stereocenters. The zero-order valence-electron chi connectivity index (χ0n) is 6.88. The predicted octanol–water partition coefficient (Wildman–Crippen LogP) is 1.58. The van der Waals surface area contributed by atoms with Gasteiger partial charge < -0.3 is 9.59 Å². The van der Waals surface area contributed by atoms with E-state index in [2.05, 4.69) is 6.92 Å². The smallest absolute Gasteiger partial charge is 0.133 e. The largest absolute Gasteiger partial charge is 0.302 e. The van der Waals surface area contributed by atoms with Crippen LogP contribution >= 0.6 is 0 Å². The molecule has 2 heteroatoms. The lowest BCUT2D eigenvalue weighted by atomic mass is 9.73. The molecule has 0 heterocycles. The first-order valence-corrected chi connectivity index (χ1v) is 4.15. The van der Waals surface area contributed by atoms with Crippen molar-refractivity contribution in [1.82, 2.24) is 0 Å². The number of hydrogen-bond donors (Lipinski definition) is 0. The van der Waals surface area contributed by atoms with Gasteiger partial charge in [-0.05, 0) is 31.6 Å². The van der Waals surface area contributed by atoms with Gasteiger partial charge in [-0.25, -0.2) is 0 Å². The van der Waals surface area contributed by atoms with E-state index in [1.807, 2.05) is 0 Å². The lowest BCUT2D eigenvalue weighted by Crippen LogP contribution is -2.29. The number of aldehydes is 2. The van der Waals surface area contributed by atoms with Crippen LogP contribution in [0.2, 0.25) is 0 Å². The molecule has 0 aliphatic heterocycles. The Morgan fingerprint density at radius 3 is 2.00 bits per heavy atom. The van der Waals surface area contributed by atoms with Crippen molar-refractivity contribution in [1.29, 1.82) is 0 Å². The van der Waals surface area contributed by atoms with E-state index in [1.165, 1.54) is 0 Å². The van der Waals surface area contributed by atoms with Crippen LogP contribution in [-0.4, -0.2) is 12.6 Å². The minimum absolute atomic E-state index is 0.619. The predicted molar refractivity (Wildman–Crippen MR) is 42.2 cm³/mol. The molecule has 0 radical (unpaired) electrons. The van der Waals surface area contributed by atoms with E-state index in [-0.39, 0.29) is 0 Å². The Morgan fingerprint density at radius 2 is 1.64 bits per heavy atom. The lowest BCUT2D eigenvalue weighted by Gasteiger charge is -2.29. The van der Waals surface area contributed by atoms with Gasteiger partial charge in [-0.1, -0.05) is 6.92 Å². The Hall–Kier alpha value is -0.660. The molecule has 0 aromatic heterocycles. The maximum atomic E-state index is 10.6. The molecule has 62 valence electrons. The van der Waals surface area contributed by atoms with E-state index >= 15 is 0 Å². The second kappa shape index (κ2) is 3.16. The van der Waals surface area contributed by atoms with E-state index in [0.717, 1.165) is 38.3 Å². The molecule has 0 unspecified atom stereocenters. The summed E-state index contributed by atoms with van der Waals surface area (Å²) >= 11 is 0. The van der Waals surface area contributed by atoms with Gasteiger partial charge in [0.1, 0.15) is 12.6 Å². The van der Waals surface area contributed by atoms with Gasteiger partial charge in [0.05, 0.1) is 5.41 Å². The van der Waals surface area contributed by atoms with Crippen LogP contribution in [0.3, 0.4) is 0 Å². The van der Waals surface area contributed by atoms with Crippen LogP contribution < -0.4 is 0 Å². The van der Waals surface area contributed by atoms with Crippen molar-refractivity contribution in [2.45, 2.75) is 32.6 Å². The standard InChI is InChI=1S/C9H14O2/c1-8-2-4-9(6-10,7-11)5-3-8/h6-8H,2-5H2,1H3. The highest BCUT2D eigenvalue weighted by Gasteiger charge is 2.33. The van der Waals surface area contributed by atoms with Gasteiger partial charge in [0.25, 0.3) is 0 Å². The minimum atomic E-state index is -0.619. The van der Waals surface area contributed by atoms with Crippen molar-refractivity contribution < 1.29 is 9.59 Å². The summed E-state index contributed by atoms with van der Waals surface area (Å²) in [5.74, 6) is 0.683. The van der Waals surface area contributed by atoms with Crippen molar-refractivity contribution in [3.63, 3.8) is 0 Å². The monoisotopic (exact) mass is 154 g/mol. The van der Waals surface area contributed by atoms with Gasteiger partial charge in [0.15, 0.2) is 0 Å². The summed E-state index contributed by atoms with van der Waals surface area (Å²) in [7, 11) is 0. The van der Waals surface area contributed by atoms with Crippen LogP contribution in [0.25, 0.3) is 0 Å². The van der Waals surface area contributed by atoms with Gasteiger partial charge in [0.2, 0.25) is 0 Å². The van der Waals surface area contributed by atoms with E-state index < -0.39 is 5.41 Å².